The van der Waals surface area contributed by atoms with Gasteiger partial charge in [-0.15, -0.1) is 0 Å². The zero-order valence-electron chi connectivity index (χ0n) is 16.3. The maximum atomic E-state index is 12.6. The first kappa shape index (κ1) is 19.9. The number of carbonyl (C=O) groups excluding carboxylic acids is 3. The predicted molar refractivity (Wildman–Crippen MR) is 101 cm³/mol. The molecule has 0 unspecified atom stereocenters. The number of urea groups is 2. The summed E-state index contributed by atoms with van der Waals surface area (Å²) in [7, 11) is 0. The molecule has 2 saturated heterocycles. The van der Waals surface area contributed by atoms with Crippen LogP contribution in [0.3, 0.4) is 0 Å². The molecular weight excluding hydrogens is 364 g/mol. The number of ether oxygens (including phenoxy) is 1. The summed E-state index contributed by atoms with van der Waals surface area (Å²) in [5.74, 6) is 0.269. The molecule has 2 fully saturated rings. The molecule has 28 heavy (non-hydrogen) atoms. The van der Waals surface area contributed by atoms with E-state index in [-0.39, 0.29) is 32.8 Å². The Morgan fingerprint density at radius 2 is 1.93 bits per heavy atom. The number of aryl methyl sites for hydroxylation is 2. The third kappa shape index (κ3) is 3.62. The van der Waals surface area contributed by atoms with E-state index >= 15 is 0 Å². The van der Waals surface area contributed by atoms with E-state index in [4.69, 9.17) is 10.5 Å². The Balaban J connectivity index is 1.62. The molecular formula is C19H26N4O5. The molecule has 2 heterocycles. The predicted octanol–water partition coefficient (Wildman–Crippen LogP) is 0.379. The average molecular weight is 390 g/mol. The van der Waals surface area contributed by atoms with Gasteiger partial charge in [0.05, 0.1) is 13.1 Å². The van der Waals surface area contributed by atoms with Gasteiger partial charge in [-0.05, 0) is 37.5 Å². The SMILES string of the molecule is Cc1ccc(C)c(OC[C@@H](O)CN2C(=O)[C@@H]3CN(C(N)=O)CCN3C2=O)c1C. The molecule has 152 valence electrons. The van der Waals surface area contributed by atoms with Crippen molar-refractivity contribution in [2.24, 2.45) is 5.73 Å². The van der Waals surface area contributed by atoms with Crippen LogP contribution < -0.4 is 10.5 Å². The molecule has 0 spiro atoms. The van der Waals surface area contributed by atoms with Crippen LogP contribution in [0.15, 0.2) is 12.1 Å². The Hall–Kier alpha value is -2.81. The van der Waals surface area contributed by atoms with Crippen LogP contribution in [0.1, 0.15) is 16.7 Å². The molecule has 3 N–H and O–H groups in total. The van der Waals surface area contributed by atoms with Crippen LogP contribution in [0.4, 0.5) is 9.59 Å². The van der Waals surface area contributed by atoms with E-state index in [9.17, 15) is 19.5 Å². The van der Waals surface area contributed by atoms with Crippen molar-refractivity contribution in [1.82, 2.24) is 14.7 Å². The highest BCUT2D eigenvalue weighted by molar-refractivity contribution is 6.04. The summed E-state index contributed by atoms with van der Waals surface area (Å²) in [4.78, 5) is 40.3. The van der Waals surface area contributed by atoms with Gasteiger partial charge in [0.1, 0.15) is 24.5 Å². The Morgan fingerprint density at radius 1 is 1.25 bits per heavy atom. The lowest BCUT2D eigenvalue weighted by Crippen LogP contribution is -2.55. The largest absolute Gasteiger partial charge is 0.490 e. The zero-order valence-corrected chi connectivity index (χ0v) is 16.3. The first-order valence-corrected chi connectivity index (χ1v) is 9.24. The van der Waals surface area contributed by atoms with Crippen LogP contribution in [-0.2, 0) is 4.79 Å². The van der Waals surface area contributed by atoms with Gasteiger partial charge in [-0.3, -0.25) is 9.69 Å². The summed E-state index contributed by atoms with van der Waals surface area (Å²) >= 11 is 0. The molecule has 0 bridgehead atoms. The Morgan fingerprint density at radius 3 is 2.61 bits per heavy atom. The van der Waals surface area contributed by atoms with Gasteiger partial charge in [0.25, 0.3) is 5.91 Å². The number of hydrogen-bond donors (Lipinski definition) is 2. The topological polar surface area (TPSA) is 116 Å². The number of hydrogen-bond acceptors (Lipinski definition) is 5. The fraction of sp³-hybridized carbons (Fsp3) is 0.526. The fourth-order valence-corrected chi connectivity index (χ4v) is 3.61. The summed E-state index contributed by atoms with van der Waals surface area (Å²) in [6, 6.07) is 2.13. The van der Waals surface area contributed by atoms with Crippen molar-refractivity contribution >= 4 is 18.0 Å². The second-order valence-electron chi connectivity index (χ2n) is 7.34. The molecule has 5 amide bonds. The third-order valence-corrected chi connectivity index (χ3v) is 5.41. The number of primary amides is 1. The second kappa shape index (κ2) is 7.67. The molecule has 2 aliphatic heterocycles. The molecule has 2 atom stereocenters. The van der Waals surface area contributed by atoms with E-state index in [1.807, 2.05) is 32.9 Å². The van der Waals surface area contributed by atoms with Crippen molar-refractivity contribution in [1.29, 1.82) is 0 Å². The minimum Gasteiger partial charge on any atom is -0.490 e. The molecule has 1 aromatic rings. The number of aliphatic hydroxyl groups is 1. The Bertz CT molecular complexity index is 812. The molecule has 0 aromatic heterocycles. The van der Waals surface area contributed by atoms with Gasteiger partial charge in [0.15, 0.2) is 0 Å². The summed E-state index contributed by atoms with van der Waals surface area (Å²) in [6.45, 7) is 6.24. The van der Waals surface area contributed by atoms with Gasteiger partial charge >= 0.3 is 12.1 Å². The van der Waals surface area contributed by atoms with Crippen molar-refractivity contribution in [3.05, 3.63) is 28.8 Å². The lowest BCUT2D eigenvalue weighted by atomic mass is 10.1. The number of rotatable bonds is 5. The molecule has 3 rings (SSSR count). The Kier molecular flexibility index (Phi) is 5.46. The van der Waals surface area contributed by atoms with Gasteiger partial charge in [-0.2, -0.15) is 0 Å². The van der Waals surface area contributed by atoms with Gasteiger partial charge in [-0.25, -0.2) is 9.59 Å². The molecule has 0 saturated carbocycles. The minimum atomic E-state index is -1.03. The molecule has 2 aliphatic rings. The van der Waals surface area contributed by atoms with Crippen LogP contribution in [0, 0.1) is 20.8 Å². The van der Waals surface area contributed by atoms with Crippen molar-refractivity contribution in [3.63, 3.8) is 0 Å². The molecule has 9 heteroatoms. The van der Waals surface area contributed by atoms with Crippen molar-refractivity contribution in [2.45, 2.75) is 32.9 Å². The third-order valence-electron chi connectivity index (χ3n) is 5.41. The number of imide groups is 1. The van der Waals surface area contributed by atoms with E-state index in [0.717, 1.165) is 21.6 Å². The van der Waals surface area contributed by atoms with E-state index in [2.05, 4.69) is 0 Å². The number of piperazine rings is 1. The number of carbonyl (C=O) groups is 3. The van der Waals surface area contributed by atoms with E-state index in [1.54, 1.807) is 0 Å². The normalized spacial score (nSPS) is 20.4. The van der Waals surface area contributed by atoms with Crippen LogP contribution >= 0.6 is 0 Å². The number of β-amino-alcohol motifs (C(OH)–C–C–N with tert-alkyl or cyclic N) is 1. The highest BCUT2D eigenvalue weighted by Crippen LogP contribution is 2.26. The summed E-state index contributed by atoms with van der Waals surface area (Å²) in [5.41, 5.74) is 8.30. The van der Waals surface area contributed by atoms with Gasteiger partial charge in [0, 0.05) is 13.1 Å². The van der Waals surface area contributed by atoms with Crippen LogP contribution in [0.25, 0.3) is 0 Å². The number of benzene rings is 1. The smallest absolute Gasteiger partial charge is 0.327 e. The highest BCUT2D eigenvalue weighted by Gasteiger charge is 2.48. The van der Waals surface area contributed by atoms with Crippen molar-refractivity contribution < 1.29 is 24.2 Å². The molecule has 9 nitrogen and oxygen atoms in total. The van der Waals surface area contributed by atoms with Crippen LogP contribution in [0.2, 0.25) is 0 Å². The number of nitrogens with zero attached hydrogens (tertiary/aromatic N) is 3. The lowest BCUT2D eigenvalue weighted by Gasteiger charge is -2.34. The van der Waals surface area contributed by atoms with Gasteiger partial charge in [-0.1, -0.05) is 12.1 Å². The van der Waals surface area contributed by atoms with Crippen molar-refractivity contribution in [2.75, 3.05) is 32.8 Å². The standard InChI is InChI=1S/C19H26N4O5/c1-11-4-5-12(2)16(13(11)3)28-10-14(24)8-23-17(25)15-9-21(18(20)26)6-7-22(15)19(23)27/h4-5,14-15,24H,6-10H2,1-3H3,(H2,20,26)/t14-,15-/m0/s1. The number of aliphatic hydroxyl groups excluding tert-OH is 1. The Labute approximate surface area is 163 Å². The lowest BCUT2D eigenvalue weighted by molar-refractivity contribution is -0.130. The summed E-state index contributed by atoms with van der Waals surface area (Å²) < 4.78 is 5.78. The first-order valence-electron chi connectivity index (χ1n) is 9.24. The maximum absolute atomic E-state index is 12.6. The van der Waals surface area contributed by atoms with Crippen LogP contribution in [-0.4, -0.2) is 82.7 Å². The molecule has 0 radical (unpaired) electrons. The second-order valence-corrected chi connectivity index (χ2v) is 7.34. The van der Waals surface area contributed by atoms with E-state index < -0.39 is 30.1 Å². The zero-order chi connectivity index (χ0) is 20.6. The van der Waals surface area contributed by atoms with E-state index in [1.165, 1.54) is 9.80 Å². The van der Waals surface area contributed by atoms with Gasteiger partial charge in [0.2, 0.25) is 0 Å². The number of amides is 5. The van der Waals surface area contributed by atoms with Gasteiger partial charge < -0.3 is 25.4 Å². The number of nitrogens with two attached hydrogens (primary N) is 1. The van der Waals surface area contributed by atoms with E-state index in [0.29, 0.717) is 5.75 Å². The first-order chi connectivity index (χ1) is 13.2. The van der Waals surface area contributed by atoms with Crippen molar-refractivity contribution in [3.8, 4) is 5.75 Å². The summed E-state index contributed by atoms with van der Waals surface area (Å²) in [6.07, 6.45) is -1.03. The molecule has 0 aliphatic carbocycles. The minimum absolute atomic E-state index is 0.0414. The molecule has 1 aromatic carbocycles. The monoisotopic (exact) mass is 390 g/mol. The average Bonchev–Trinajstić information content (AvgIpc) is 2.89. The van der Waals surface area contributed by atoms with Crippen LogP contribution in [0.5, 0.6) is 5.75 Å². The quantitative estimate of drug-likeness (QED) is 0.705. The maximum Gasteiger partial charge on any atom is 0.327 e. The highest BCUT2D eigenvalue weighted by atomic mass is 16.5. The summed E-state index contributed by atoms with van der Waals surface area (Å²) in [5, 5.41) is 10.4. The number of fused-ring (bicyclic) bond motifs is 1. The fourth-order valence-electron chi connectivity index (χ4n) is 3.61.